The molecule has 1 aromatic heterocycles. The van der Waals surface area contributed by atoms with Gasteiger partial charge in [0.25, 0.3) is 0 Å². The Labute approximate surface area is 102 Å². The molecule has 88 valence electrons. The van der Waals surface area contributed by atoms with Gasteiger partial charge in [0, 0.05) is 23.6 Å². The van der Waals surface area contributed by atoms with Gasteiger partial charge in [0.2, 0.25) is 0 Å². The van der Waals surface area contributed by atoms with Crippen LogP contribution in [0.2, 0.25) is 0 Å². The van der Waals surface area contributed by atoms with E-state index < -0.39 is 0 Å². The standard InChI is InChI=1S/C15H18N2/c1-15(2,3)7-9-17-8-6-13-10-12(11-16)4-5-14(13)17/h4-6,8,10H,7,9H2,1-3H3. The molecule has 0 unspecified atom stereocenters. The van der Waals surface area contributed by atoms with Crippen LogP contribution in [-0.4, -0.2) is 4.57 Å². The van der Waals surface area contributed by atoms with Crippen molar-refractivity contribution in [2.24, 2.45) is 5.41 Å². The van der Waals surface area contributed by atoms with Crippen LogP contribution in [0.15, 0.2) is 30.5 Å². The third-order valence-corrected chi connectivity index (χ3v) is 3.00. The highest BCUT2D eigenvalue weighted by Crippen LogP contribution is 2.23. The molecular formula is C15H18N2. The van der Waals surface area contributed by atoms with E-state index in [9.17, 15) is 0 Å². The van der Waals surface area contributed by atoms with Crippen LogP contribution in [0.3, 0.4) is 0 Å². The number of hydrogen-bond acceptors (Lipinski definition) is 1. The van der Waals surface area contributed by atoms with E-state index in [1.54, 1.807) is 0 Å². The molecule has 0 aliphatic heterocycles. The highest BCUT2D eigenvalue weighted by molar-refractivity contribution is 5.81. The van der Waals surface area contributed by atoms with Crippen LogP contribution in [0.4, 0.5) is 0 Å². The normalized spacial score (nSPS) is 11.6. The van der Waals surface area contributed by atoms with Gasteiger partial charge >= 0.3 is 0 Å². The Bertz CT molecular complexity index is 565. The van der Waals surface area contributed by atoms with Crippen LogP contribution in [0.1, 0.15) is 32.8 Å². The summed E-state index contributed by atoms with van der Waals surface area (Å²) in [5.41, 5.74) is 2.29. The molecule has 1 heterocycles. The highest BCUT2D eigenvalue weighted by Gasteiger charge is 2.10. The lowest BCUT2D eigenvalue weighted by Gasteiger charge is -2.18. The molecule has 0 aliphatic carbocycles. The lowest BCUT2D eigenvalue weighted by Crippen LogP contribution is -2.09. The van der Waals surface area contributed by atoms with E-state index in [2.05, 4.69) is 43.7 Å². The maximum atomic E-state index is 8.86. The summed E-state index contributed by atoms with van der Waals surface area (Å²) in [5.74, 6) is 0. The van der Waals surface area contributed by atoms with Crippen LogP contribution in [-0.2, 0) is 6.54 Å². The van der Waals surface area contributed by atoms with Gasteiger partial charge in [-0.2, -0.15) is 5.26 Å². The van der Waals surface area contributed by atoms with Gasteiger partial charge < -0.3 is 4.57 Å². The predicted molar refractivity (Wildman–Crippen MR) is 70.7 cm³/mol. The Morgan fingerprint density at radius 1 is 1.24 bits per heavy atom. The van der Waals surface area contributed by atoms with Crippen molar-refractivity contribution < 1.29 is 0 Å². The molecule has 0 aliphatic rings. The summed E-state index contributed by atoms with van der Waals surface area (Å²) in [6.45, 7) is 7.80. The van der Waals surface area contributed by atoms with E-state index in [0.717, 1.165) is 23.9 Å². The van der Waals surface area contributed by atoms with E-state index in [1.807, 2.05) is 18.2 Å². The van der Waals surface area contributed by atoms with Crippen molar-refractivity contribution in [2.75, 3.05) is 0 Å². The first-order chi connectivity index (χ1) is 7.99. The molecule has 2 rings (SSSR count). The molecule has 0 N–H and O–H groups in total. The lowest BCUT2D eigenvalue weighted by molar-refractivity contribution is 0.353. The molecule has 0 atom stereocenters. The molecular weight excluding hydrogens is 208 g/mol. The molecule has 2 aromatic rings. The fourth-order valence-electron chi connectivity index (χ4n) is 1.92. The Morgan fingerprint density at radius 3 is 2.65 bits per heavy atom. The van der Waals surface area contributed by atoms with Gasteiger partial charge in [0.05, 0.1) is 11.6 Å². The first-order valence-electron chi connectivity index (χ1n) is 5.99. The van der Waals surface area contributed by atoms with E-state index in [0.29, 0.717) is 5.41 Å². The number of aromatic nitrogens is 1. The second-order valence-corrected chi connectivity index (χ2v) is 5.71. The summed E-state index contributed by atoms with van der Waals surface area (Å²) in [6, 6.07) is 10.1. The summed E-state index contributed by atoms with van der Waals surface area (Å²) in [7, 11) is 0. The fraction of sp³-hybridized carbons (Fsp3) is 0.400. The van der Waals surface area contributed by atoms with Crippen LogP contribution < -0.4 is 0 Å². The Kier molecular flexibility index (Phi) is 2.93. The lowest BCUT2D eigenvalue weighted by atomic mass is 9.92. The van der Waals surface area contributed by atoms with Gasteiger partial charge in [-0.1, -0.05) is 20.8 Å². The maximum Gasteiger partial charge on any atom is 0.0991 e. The molecule has 0 saturated carbocycles. The average Bonchev–Trinajstić information content (AvgIpc) is 2.67. The van der Waals surface area contributed by atoms with Crippen LogP contribution in [0.25, 0.3) is 10.9 Å². The van der Waals surface area contributed by atoms with Crippen LogP contribution in [0, 0.1) is 16.7 Å². The van der Waals surface area contributed by atoms with Gasteiger partial charge in [0.1, 0.15) is 0 Å². The summed E-state index contributed by atoms with van der Waals surface area (Å²) >= 11 is 0. The van der Waals surface area contributed by atoms with Crippen molar-refractivity contribution in [3.8, 4) is 6.07 Å². The monoisotopic (exact) mass is 226 g/mol. The van der Waals surface area contributed by atoms with Crippen LogP contribution in [0.5, 0.6) is 0 Å². The Balaban J connectivity index is 2.28. The predicted octanol–water partition coefficient (Wildman–Crippen LogP) is 3.95. The molecule has 0 radical (unpaired) electrons. The number of hydrogen-bond donors (Lipinski definition) is 0. The quantitative estimate of drug-likeness (QED) is 0.762. The third-order valence-electron chi connectivity index (χ3n) is 3.00. The second-order valence-electron chi connectivity index (χ2n) is 5.71. The van der Waals surface area contributed by atoms with E-state index in [4.69, 9.17) is 5.26 Å². The van der Waals surface area contributed by atoms with E-state index in [1.165, 1.54) is 5.52 Å². The van der Waals surface area contributed by atoms with Crippen LogP contribution >= 0.6 is 0 Å². The molecule has 2 nitrogen and oxygen atoms in total. The Morgan fingerprint density at radius 2 is 2.00 bits per heavy atom. The number of rotatable bonds is 2. The number of benzene rings is 1. The minimum Gasteiger partial charge on any atom is -0.347 e. The van der Waals surface area contributed by atoms with Crippen molar-refractivity contribution in [1.82, 2.24) is 4.57 Å². The highest BCUT2D eigenvalue weighted by atomic mass is 14.9. The van der Waals surface area contributed by atoms with Crippen molar-refractivity contribution in [3.63, 3.8) is 0 Å². The number of nitrogens with zero attached hydrogens (tertiary/aromatic N) is 2. The minimum atomic E-state index is 0.350. The molecule has 2 heteroatoms. The van der Waals surface area contributed by atoms with E-state index in [-0.39, 0.29) is 0 Å². The zero-order chi connectivity index (χ0) is 12.5. The van der Waals surface area contributed by atoms with Crippen molar-refractivity contribution in [2.45, 2.75) is 33.7 Å². The Hall–Kier alpha value is -1.75. The third kappa shape index (κ3) is 2.68. The molecule has 1 aromatic carbocycles. The van der Waals surface area contributed by atoms with Crippen molar-refractivity contribution in [1.29, 1.82) is 5.26 Å². The molecule has 0 spiro atoms. The fourth-order valence-corrected chi connectivity index (χ4v) is 1.92. The second kappa shape index (κ2) is 4.25. The first-order valence-corrected chi connectivity index (χ1v) is 5.99. The number of aryl methyl sites for hydroxylation is 1. The molecule has 0 amide bonds. The maximum absolute atomic E-state index is 8.86. The SMILES string of the molecule is CC(C)(C)CCn1ccc2cc(C#N)ccc21. The molecule has 0 fully saturated rings. The summed E-state index contributed by atoms with van der Waals surface area (Å²) in [5, 5.41) is 10.0. The zero-order valence-electron chi connectivity index (χ0n) is 10.7. The van der Waals surface area contributed by atoms with Crippen molar-refractivity contribution >= 4 is 10.9 Å². The molecule has 0 bridgehead atoms. The molecule has 17 heavy (non-hydrogen) atoms. The van der Waals surface area contributed by atoms with E-state index >= 15 is 0 Å². The van der Waals surface area contributed by atoms with Crippen molar-refractivity contribution in [3.05, 3.63) is 36.0 Å². The average molecular weight is 226 g/mol. The minimum absolute atomic E-state index is 0.350. The summed E-state index contributed by atoms with van der Waals surface area (Å²) < 4.78 is 2.27. The number of fused-ring (bicyclic) bond motifs is 1. The van der Waals surface area contributed by atoms with Gasteiger partial charge in [-0.05, 0) is 36.1 Å². The summed E-state index contributed by atoms with van der Waals surface area (Å²) in [4.78, 5) is 0. The van der Waals surface area contributed by atoms with Gasteiger partial charge in [-0.3, -0.25) is 0 Å². The topological polar surface area (TPSA) is 28.7 Å². The summed E-state index contributed by atoms with van der Waals surface area (Å²) in [6.07, 6.45) is 3.26. The zero-order valence-corrected chi connectivity index (χ0v) is 10.7. The largest absolute Gasteiger partial charge is 0.347 e. The van der Waals surface area contributed by atoms with Gasteiger partial charge in [0.15, 0.2) is 0 Å². The smallest absolute Gasteiger partial charge is 0.0991 e. The molecule has 0 saturated heterocycles. The van der Waals surface area contributed by atoms with Gasteiger partial charge in [-0.15, -0.1) is 0 Å². The first kappa shape index (κ1) is 11.7. The number of nitriles is 1. The van der Waals surface area contributed by atoms with Gasteiger partial charge in [-0.25, -0.2) is 0 Å².